The number of thiophene rings is 1. The number of carbonyl (C=O) groups excluding carboxylic acids is 2. The third-order valence-corrected chi connectivity index (χ3v) is 6.52. The van der Waals surface area contributed by atoms with Crippen molar-refractivity contribution < 1.29 is 9.59 Å². The van der Waals surface area contributed by atoms with Gasteiger partial charge in [0.05, 0.1) is 5.75 Å². The van der Waals surface area contributed by atoms with Crippen molar-refractivity contribution in [1.82, 2.24) is 20.6 Å². The maximum Gasteiger partial charge on any atom is 0.242 e. The van der Waals surface area contributed by atoms with E-state index < -0.39 is 6.04 Å². The van der Waals surface area contributed by atoms with E-state index in [4.69, 9.17) is 0 Å². The van der Waals surface area contributed by atoms with Crippen molar-refractivity contribution >= 4 is 45.1 Å². The Balaban J connectivity index is 1.73. The molecule has 140 valence electrons. The van der Waals surface area contributed by atoms with Gasteiger partial charge in [-0.1, -0.05) is 11.8 Å². The molecule has 2 amide bonds. The fraction of sp³-hybridized carbons (Fsp3) is 0.556. The maximum atomic E-state index is 12.2. The van der Waals surface area contributed by atoms with E-state index in [1.807, 2.05) is 13.8 Å². The van der Waals surface area contributed by atoms with Crippen molar-refractivity contribution in [3.05, 3.63) is 16.3 Å². The summed E-state index contributed by atoms with van der Waals surface area (Å²) in [6, 6.07) is -0.538. The van der Waals surface area contributed by atoms with Crippen LogP contribution in [-0.4, -0.2) is 40.1 Å². The zero-order valence-electron chi connectivity index (χ0n) is 15.3. The van der Waals surface area contributed by atoms with Gasteiger partial charge >= 0.3 is 0 Å². The summed E-state index contributed by atoms with van der Waals surface area (Å²) in [4.78, 5) is 35.6. The number of likely N-dealkylation sites (N-methyl/N-ethyl adjacent to an activating group) is 1. The summed E-state index contributed by atoms with van der Waals surface area (Å²) in [5.41, 5.74) is 1.37. The molecule has 0 unspecified atom stereocenters. The first-order valence-corrected chi connectivity index (χ1v) is 10.8. The van der Waals surface area contributed by atoms with Gasteiger partial charge in [-0.15, -0.1) is 11.3 Å². The van der Waals surface area contributed by atoms with Gasteiger partial charge in [0.1, 0.15) is 21.7 Å². The second-order valence-electron chi connectivity index (χ2n) is 6.44. The van der Waals surface area contributed by atoms with E-state index in [1.165, 1.54) is 35.0 Å². The molecule has 1 aliphatic rings. The second-order valence-corrected chi connectivity index (χ2v) is 8.49. The molecule has 1 aliphatic carbocycles. The lowest BCUT2D eigenvalue weighted by atomic mass is 9.97. The van der Waals surface area contributed by atoms with Crippen LogP contribution in [0.3, 0.4) is 0 Å². The Kier molecular flexibility index (Phi) is 6.13. The van der Waals surface area contributed by atoms with Crippen LogP contribution in [0.4, 0.5) is 0 Å². The molecule has 1 atom stereocenters. The molecule has 0 saturated heterocycles. The summed E-state index contributed by atoms with van der Waals surface area (Å²) in [6.45, 7) is 5.98. The molecule has 3 rings (SSSR count). The largest absolute Gasteiger partial charge is 0.355 e. The Bertz CT molecular complexity index is 834. The van der Waals surface area contributed by atoms with Gasteiger partial charge in [0, 0.05) is 16.8 Å². The number of fused-ring (bicyclic) bond motifs is 3. The van der Waals surface area contributed by atoms with Gasteiger partial charge in [0.2, 0.25) is 11.8 Å². The minimum atomic E-state index is -0.538. The highest BCUT2D eigenvalue weighted by atomic mass is 32.2. The molecule has 0 saturated carbocycles. The molecule has 0 bridgehead atoms. The molecule has 0 fully saturated rings. The molecule has 2 heterocycles. The van der Waals surface area contributed by atoms with E-state index in [1.54, 1.807) is 18.3 Å². The summed E-state index contributed by atoms with van der Waals surface area (Å²) in [5, 5.41) is 7.46. The number of thioether (sulfide) groups is 1. The lowest BCUT2D eigenvalue weighted by molar-refractivity contribution is -0.127. The van der Waals surface area contributed by atoms with Crippen LogP contribution in [0.25, 0.3) is 10.2 Å². The van der Waals surface area contributed by atoms with Gasteiger partial charge in [-0.2, -0.15) is 0 Å². The zero-order chi connectivity index (χ0) is 18.7. The SMILES string of the molecule is CCNC(=O)[C@@H](C)NC(=O)CSc1nc(C)nc2sc3c(c12)CCCC3. The first-order chi connectivity index (χ1) is 12.5. The highest BCUT2D eigenvalue weighted by molar-refractivity contribution is 8.00. The van der Waals surface area contributed by atoms with Gasteiger partial charge in [0.15, 0.2) is 0 Å². The van der Waals surface area contributed by atoms with Gasteiger partial charge in [0.25, 0.3) is 0 Å². The summed E-state index contributed by atoms with van der Waals surface area (Å²) in [7, 11) is 0. The average molecular weight is 393 g/mol. The van der Waals surface area contributed by atoms with Gasteiger partial charge in [-0.25, -0.2) is 9.97 Å². The molecule has 2 aromatic rings. The third kappa shape index (κ3) is 4.17. The van der Waals surface area contributed by atoms with Crippen molar-refractivity contribution in [2.24, 2.45) is 0 Å². The van der Waals surface area contributed by atoms with E-state index in [-0.39, 0.29) is 17.6 Å². The van der Waals surface area contributed by atoms with Crippen LogP contribution in [0.1, 0.15) is 43.0 Å². The zero-order valence-corrected chi connectivity index (χ0v) is 17.0. The van der Waals surface area contributed by atoms with Crippen LogP contribution in [-0.2, 0) is 22.4 Å². The molecular weight excluding hydrogens is 368 g/mol. The van der Waals surface area contributed by atoms with E-state index in [9.17, 15) is 9.59 Å². The number of nitrogens with zero attached hydrogens (tertiary/aromatic N) is 2. The van der Waals surface area contributed by atoms with Gasteiger partial charge in [-0.3, -0.25) is 9.59 Å². The Hall–Kier alpha value is -1.67. The molecule has 26 heavy (non-hydrogen) atoms. The number of nitrogens with one attached hydrogen (secondary N) is 2. The molecule has 0 spiro atoms. The summed E-state index contributed by atoms with van der Waals surface area (Å²) in [6.07, 6.45) is 4.61. The fourth-order valence-electron chi connectivity index (χ4n) is 3.14. The number of hydrogen-bond donors (Lipinski definition) is 2. The van der Waals surface area contributed by atoms with Crippen molar-refractivity contribution in [1.29, 1.82) is 0 Å². The number of aryl methyl sites for hydroxylation is 3. The first-order valence-electron chi connectivity index (χ1n) is 8.98. The van der Waals surface area contributed by atoms with Crippen molar-refractivity contribution in [2.75, 3.05) is 12.3 Å². The Morgan fingerprint density at radius 2 is 2.04 bits per heavy atom. The predicted molar refractivity (Wildman–Crippen MR) is 106 cm³/mol. The highest BCUT2D eigenvalue weighted by Gasteiger charge is 2.22. The first kappa shape index (κ1) is 19.1. The molecule has 6 nitrogen and oxygen atoms in total. The standard InChI is InChI=1S/C18H24N4O2S2/c1-4-19-16(24)10(2)20-14(23)9-25-17-15-12-7-5-6-8-13(12)26-18(15)22-11(3)21-17/h10H,4-9H2,1-3H3,(H,19,24)(H,20,23)/t10-/m1/s1. The van der Waals surface area contributed by atoms with Gasteiger partial charge in [-0.05, 0) is 52.0 Å². The van der Waals surface area contributed by atoms with Gasteiger partial charge < -0.3 is 10.6 Å². The Morgan fingerprint density at radius 3 is 2.81 bits per heavy atom. The van der Waals surface area contributed by atoms with Crippen LogP contribution in [0.5, 0.6) is 0 Å². The normalized spacial score (nSPS) is 14.7. The number of rotatable bonds is 6. The van der Waals surface area contributed by atoms with E-state index in [2.05, 4.69) is 20.6 Å². The van der Waals surface area contributed by atoms with Crippen LogP contribution in [0, 0.1) is 6.92 Å². The minimum Gasteiger partial charge on any atom is -0.355 e. The monoisotopic (exact) mass is 392 g/mol. The third-order valence-electron chi connectivity index (χ3n) is 4.36. The maximum absolute atomic E-state index is 12.2. The fourth-order valence-corrected chi connectivity index (χ4v) is 5.42. The molecule has 0 aromatic carbocycles. The summed E-state index contributed by atoms with van der Waals surface area (Å²) >= 11 is 3.19. The number of carbonyl (C=O) groups is 2. The van der Waals surface area contributed by atoms with E-state index in [0.29, 0.717) is 6.54 Å². The number of hydrogen-bond acceptors (Lipinski definition) is 6. The van der Waals surface area contributed by atoms with Crippen LogP contribution in [0.2, 0.25) is 0 Å². The van der Waals surface area contributed by atoms with Crippen molar-refractivity contribution in [3.63, 3.8) is 0 Å². The number of amides is 2. The second kappa shape index (κ2) is 8.35. The minimum absolute atomic E-state index is 0.165. The topological polar surface area (TPSA) is 84.0 Å². The molecule has 8 heteroatoms. The van der Waals surface area contributed by atoms with E-state index >= 15 is 0 Å². The predicted octanol–water partition coefficient (Wildman–Crippen LogP) is 2.61. The van der Waals surface area contributed by atoms with Crippen LogP contribution in [0.15, 0.2) is 5.03 Å². The Labute approximate surface area is 161 Å². The molecular formula is C18H24N4O2S2. The van der Waals surface area contributed by atoms with Crippen molar-refractivity contribution in [3.8, 4) is 0 Å². The van der Waals surface area contributed by atoms with Crippen LogP contribution >= 0.6 is 23.1 Å². The lowest BCUT2D eigenvalue weighted by Gasteiger charge is -2.14. The van der Waals surface area contributed by atoms with Crippen molar-refractivity contribution in [2.45, 2.75) is 57.5 Å². The molecule has 2 aromatic heterocycles. The Morgan fingerprint density at radius 1 is 1.27 bits per heavy atom. The smallest absolute Gasteiger partial charge is 0.242 e. The lowest BCUT2D eigenvalue weighted by Crippen LogP contribution is -2.45. The average Bonchev–Trinajstić information content (AvgIpc) is 2.97. The summed E-state index contributed by atoms with van der Waals surface area (Å²) < 4.78 is 0. The summed E-state index contributed by atoms with van der Waals surface area (Å²) in [5.74, 6) is 0.634. The number of aromatic nitrogens is 2. The quantitative estimate of drug-likeness (QED) is 0.583. The molecule has 0 radical (unpaired) electrons. The highest BCUT2D eigenvalue weighted by Crippen LogP contribution is 2.39. The molecule has 0 aliphatic heterocycles. The van der Waals surface area contributed by atoms with Crippen LogP contribution < -0.4 is 10.6 Å². The van der Waals surface area contributed by atoms with E-state index in [0.717, 1.165) is 33.9 Å². The molecule has 2 N–H and O–H groups in total.